The molecule has 1 aromatic heterocycles. The van der Waals surface area contributed by atoms with Gasteiger partial charge in [-0.25, -0.2) is 0 Å². The SMILES string of the molecule is CC(=O)O.CNCc1nnc(SCc2ccc(C(F)(F)F)cc2)n1C. The van der Waals surface area contributed by atoms with Crippen LogP contribution in [0.3, 0.4) is 0 Å². The Hall–Kier alpha value is -2.07. The summed E-state index contributed by atoms with van der Waals surface area (Å²) in [6.07, 6.45) is -4.29. The lowest BCUT2D eigenvalue weighted by Crippen LogP contribution is -2.10. The van der Waals surface area contributed by atoms with E-state index in [1.54, 1.807) is 0 Å². The first-order chi connectivity index (χ1) is 11.6. The van der Waals surface area contributed by atoms with Gasteiger partial charge >= 0.3 is 6.18 Å². The van der Waals surface area contributed by atoms with Gasteiger partial charge in [0.15, 0.2) is 5.16 Å². The Balaban J connectivity index is 0.000000705. The van der Waals surface area contributed by atoms with E-state index in [1.807, 2.05) is 18.7 Å². The fourth-order valence-electron chi connectivity index (χ4n) is 1.72. The van der Waals surface area contributed by atoms with Crippen molar-refractivity contribution in [2.24, 2.45) is 7.05 Å². The van der Waals surface area contributed by atoms with Crippen LogP contribution in [0.25, 0.3) is 0 Å². The lowest BCUT2D eigenvalue weighted by atomic mass is 10.1. The number of alkyl halides is 3. The molecule has 0 saturated heterocycles. The van der Waals surface area contributed by atoms with Crippen molar-refractivity contribution < 1.29 is 23.1 Å². The normalized spacial score (nSPS) is 11.0. The van der Waals surface area contributed by atoms with Crippen LogP contribution in [0.1, 0.15) is 23.9 Å². The van der Waals surface area contributed by atoms with E-state index in [0.717, 1.165) is 35.6 Å². The number of aliphatic carboxylic acids is 1. The van der Waals surface area contributed by atoms with Gasteiger partial charge in [-0.3, -0.25) is 4.79 Å². The molecule has 0 unspecified atom stereocenters. The Morgan fingerprint density at radius 2 is 1.84 bits per heavy atom. The van der Waals surface area contributed by atoms with Crippen molar-refractivity contribution in [1.82, 2.24) is 20.1 Å². The van der Waals surface area contributed by atoms with Crippen molar-refractivity contribution >= 4 is 17.7 Å². The number of carboxylic acid groups (broad SMARTS) is 1. The third-order valence-corrected chi connectivity index (χ3v) is 4.00. The highest BCUT2D eigenvalue weighted by Gasteiger charge is 2.29. The summed E-state index contributed by atoms with van der Waals surface area (Å²) in [4.78, 5) is 9.00. The van der Waals surface area contributed by atoms with E-state index >= 15 is 0 Å². The number of halogens is 3. The highest BCUT2D eigenvalue weighted by molar-refractivity contribution is 7.98. The van der Waals surface area contributed by atoms with Gasteiger partial charge < -0.3 is 15.0 Å². The maximum absolute atomic E-state index is 12.5. The standard InChI is InChI=1S/C13H15F3N4S.C2H4O2/c1-17-7-11-18-19-12(20(11)2)21-8-9-3-5-10(6-4-9)13(14,15)16;1-2(3)4/h3-6,17H,7-8H2,1-2H3;1H3,(H,3,4). The van der Waals surface area contributed by atoms with Crippen LogP contribution >= 0.6 is 11.8 Å². The third-order valence-electron chi connectivity index (χ3n) is 2.91. The number of hydrogen-bond donors (Lipinski definition) is 2. The van der Waals surface area contributed by atoms with E-state index in [2.05, 4.69) is 15.5 Å². The van der Waals surface area contributed by atoms with Crippen LogP contribution in [0.4, 0.5) is 13.2 Å². The lowest BCUT2D eigenvalue weighted by Gasteiger charge is -2.07. The molecule has 0 atom stereocenters. The van der Waals surface area contributed by atoms with Gasteiger partial charge in [0.25, 0.3) is 5.97 Å². The number of aromatic nitrogens is 3. The van der Waals surface area contributed by atoms with E-state index in [9.17, 15) is 13.2 Å². The highest BCUT2D eigenvalue weighted by Crippen LogP contribution is 2.30. The van der Waals surface area contributed by atoms with E-state index < -0.39 is 17.7 Å². The zero-order valence-electron chi connectivity index (χ0n) is 14.0. The molecule has 0 fully saturated rings. The average molecular weight is 376 g/mol. The summed E-state index contributed by atoms with van der Waals surface area (Å²) in [7, 11) is 3.69. The Kier molecular flexibility index (Phi) is 7.91. The monoisotopic (exact) mass is 376 g/mol. The fraction of sp³-hybridized carbons (Fsp3) is 0.400. The Morgan fingerprint density at radius 1 is 1.28 bits per heavy atom. The summed E-state index contributed by atoms with van der Waals surface area (Å²) in [5, 5.41) is 19.3. The average Bonchev–Trinajstić information content (AvgIpc) is 2.85. The molecule has 0 spiro atoms. The molecule has 138 valence electrons. The molecule has 10 heteroatoms. The predicted octanol–water partition coefficient (Wildman–Crippen LogP) is 2.94. The topological polar surface area (TPSA) is 80.0 Å². The molecule has 0 radical (unpaired) electrons. The zero-order chi connectivity index (χ0) is 19.0. The lowest BCUT2D eigenvalue weighted by molar-refractivity contribution is -0.137. The smallest absolute Gasteiger partial charge is 0.416 e. The highest BCUT2D eigenvalue weighted by atomic mass is 32.2. The Labute approximate surface area is 147 Å². The molecule has 2 N–H and O–H groups in total. The van der Waals surface area contributed by atoms with Crippen LogP contribution in [0, 0.1) is 0 Å². The first-order valence-corrected chi connectivity index (χ1v) is 8.15. The van der Waals surface area contributed by atoms with Crippen LogP contribution < -0.4 is 5.32 Å². The maximum Gasteiger partial charge on any atom is 0.416 e. The number of carbonyl (C=O) groups is 1. The van der Waals surface area contributed by atoms with Gasteiger partial charge in [-0.15, -0.1) is 10.2 Å². The number of thioether (sulfide) groups is 1. The van der Waals surface area contributed by atoms with E-state index in [1.165, 1.54) is 23.9 Å². The van der Waals surface area contributed by atoms with Gasteiger partial charge in [0.1, 0.15) is 5.82 Å². The minimum Gasteiger partial charge on any atom is -0.481 e. The molecule has 1 aromatic carbocycles. The molecule has 25 heavy (non-hydrogen) atoms. The number of carboxylic acids is 1. The molecule has 0 amide bonds. The van der Waals surface area contributed by atoms with Crippen molar-refractivity contribution in [2.45, 2.75) is 30.6 Å². The van der Waals surface area contributed by atoms with E-state index in [-0.39, 0.29) is 0 Å². The minimum absolute atomic E-state index is 0.545. The first kappa shape index (κ1) is 21.0. The van der Waals surface area contributed by atoms with Gasteiger partial charge in [-0.2, -0.15) is 13.2 Å². The van der Waals surface area contributed by atoms with Gasteiger partial charge in [-0.1, -0.05) is 23.9 Å². The summed E-state index contributed by atoms with van der Waals surface area (Å²) >= 11 is 1.44. The molecule has 1 heterocycles. The molecule has 2 rings (SSSR count). The van der Waals surface area contributed by atoms with Crippen LogP contribution in [0.2, 0.25) is 0 Å². The molecule has 6 nitrogen and oxygen atoms in total. The number of benzene rings is 1. The second kappa shape index (κ2) is 9.42. The molecular formula is C15H19F3N4O2S. The number of hydrogen-bond acceptors (Lipinski definition) is 5. The minimum atomic E-state index is -4.29. The quantitative estimate of drug-likeness (QED) is 0.781. The predicted molar refractivity (Wildman–Crippen MR) is 88.1 cm³/mol. The van der Waals surface area contributed by atoms with Crippen LogP contribution in [-0.4, -0.2) is 32.9 Å². The Morgan fingerprint density at radius 3 is 2.32 bits per heavy atom. The van der Waals surface area contributed by atoms with Gasteiger partial charge in [0.05, 0.1) is 12.1 Å². The van der Waals surface area contributed by atoms with Crippen molar-refractivity contribution in [3.05, 3.63) is 41.2 Å². The summed E-state index contributed by atoms with van der Waals surface area (Å²) in [6, 6.07) is 5.17. The summed E-state index contributed by atoms with van der Waals surface area (Å²) in [5.74, 6) is 0.524. The van der Waals surface area contributed by atoms with Crippen LogP contribution in [0.5, 0.6) is 0 Å². The molecule has 0 aliphatic rings. The number of rotatable bonds is 5. The van der Waals surface area contributed by atoms with Gasteiger partial charge in [-0.05, 0) is 24.7 Å². The third kappa shape index (κ3) is 7.14. The second-order valence-corrected chi connectivity index (χ2v) is 5.93. The van der Waals surface area contributed by atoms with Gasteiger partial charge in [0, 0.05) is 19.7 Å². The number of nitrogens with one attached hydrogen (secondary N) is 1. The fourth-order valence-corrected chi connectivity index (χ4v) is 2.61. The van der Waals surface area contributed by atoms with Crippen molar-refractivity contribution in [3.63, 3.8) is 0 Å². The maximum atomic E-state index is 12.5. The molecule has 2 aromatic rings. The summed E-state index contributed by atoms with van der Waals surface area (Å²) in [6.45, 7) is 1.70. The van der Waals surface area contributed by atoms with Crippen molar-refractivity contribution in [2.75, 3.05) is 7.05 Å². The second-order valence-electron chi connectivity index (χ2n) is 4.99. The number of nitrogens with zero attached hydrogens (tertiary/aromatic N) is 3. The molecular weight excluding hydrogens is 357 g/mol. The van der Waals surface area contributed by atoms with Crippen molar-refractivity contribution in [1.29, 1.82) is 0 Å². The summed E-state index contributed by atoms with van der Waals surface area (Å²) in [5.41, 5.74) is 0.178. The molecule has 0 saturated carbocycles. The van der Waals surface area contributed by atoms with Crippen LogP contribution in [0.15, 0.2) is 29.4 Å². The largest absolute Gasteiger partial charge is 0.481 e. The molecule has 0 bridgehead atoms. The zero-order valence-corrected chi connectivity index (χ0v) is 14.8. The molecule has 0 aliphatic carbocycles. The molecule has 0 aliphatic heterocycles. The first-order valence-electron chi connectivity index (χ1n) is 7.16. The van der Waals surface area contributed by atoms with E-state index in [4.69, 9.17) is 9.90 Å². The van der Waals surface area contributed by atoms with Crippen molar-refractivity contribution in [3.8, 4) is 0 Å². The Bertz CT molecular complexity index is 683. The summed E-state index contributed by atoms with van der Waals surface area (Å²) < 4.78 is 39.3. The van der Waals surface area contributed by atoms with Crippen LogP contribution in [-0.2, 0) is 30.3 Å². The van der Waals surface area contributed by atoms with Gasteiger partial charge in [0.2, 0.25) is 0 Å². The van der Waals surface area contributed by atoms with E-state index in [0.29, 0.717) is 12.3 Å².